The maximum absolute atomic E-state index is 5.97. The average Bonchev–Trinajstić information content (AvgIpc) is 2.53. The molecule has 23 heavy (non-hydrogen) atoms. The summed E-state index contributed by atoms with van der Waals surface area (Å²) in [7, 11) is 0. The lowest BCUT2D eigenvalue weighted by molar-refractivity contribution is 0.982. The zero-order valence-corrected chi connectivity index (χ0v) is 14.6. The van der Waals surface area contributed by atoms with E-state index in [9.17, 15) is 0 Å². The number of rotatable bonds is 4. The lowest BCUT2D eigenvalue weighted by Crippen LogP contribution is -2.03. The monoisotopic (exact) mass is 389 g/mol. The fraction of sp³-hybridized carbons (Fsp3) is 0.0625. The number of aromatic nitrogens is 3. The highest BCUT2D eigenvalue weighted by Gasteiger charge is 2.04. The Kier molecular flexibility index (Phi) is 4.73. The third kappa shape index (κ3) is 4.18. The van der Waals surface area contributed by atoms with E-state index in [1.165, 1.54) is 0 Å². The van der Waals surface area contributed by atoms with Crippen LogP contribution in [0.15, 0.2) is 53.1 Å². The Balaban J connectivity index is 1.78. The van der Waals surface area contributed by atoms with E-state index >= 15 is 0 Å². The van der Waals surface area contributed by atoms with Gasteiger partial charge in [0.2, 0.25) is 5.95 Å². The molecule has 0 atom stereocenters. The van der Waals surface area contributed by atoms with Crippen molar-refractivity contribution < 1.29 is 0 Å². The third-order valence-electron chi connectivity index (χ3n) is 3.11. The molecule has 5 nitrogen and oxygen atoms in total. The van der Waals surface area contributed by atoms with Crippen LogP contribution in [0, 0.1) is 6.92 Å². The molecule has 2 N–H and O–H groups in total. The normalized spacial score (nSPS) is 10.4. The van der Waals surface area contributed by atoms with Crippen LogP contribution >= 0.6 is 27.5 Å². The largest absolute Gasteiger partial charge is 0.339 e. The van der Waals surface area contributed by atoms with Crippen molar-refractivity contribution in [2.45, 2.75) is 6.92 Å². The molecule has 0 saturated heterocycles. The number of hydrogen-bond donors (Lipinski definition) is 2. The Hall–Kier alpha value is -2.18. The van der Waals surface area contributed by atoms with Crippen LogP contribution in [-0.4, -0.2) is 15.2 Å². The minimum absolute atomic E-state index is 0.420. The second kappa shape index (κ2) is 6.93. The van der Waals surface area contributed by atoms with Gasteiger partial charge in [-0.05, 0) is 55.0 Å². The van der Waals surface area contributed by atoms with Crippen molar-refractivity contribution in [1.29, 1.82) is 0 Å². The van der Waals surface area contributed by atoms with Crippen LogP contribution in [0.1, 0.15) is 5.56 Å². The Morgan fingerprint density at radius 1 is 1.04 bits per heavy atom. The molecule has 1 heterocycles. The van der Waals surface area contributed by atoms with Crippen LogP contribution in [0.5, 0.6) is 0 Å². The highest BCUT2D eigenvalue weighted by molar-refractivity contribution is 9.10. The minimum Gasteiger partial charge on any atom is -0.339 e. The quantitative estimate of drug-likeness (QED) is 0.650. The molecule has 1 aromatic heterocycles. The topological polar surface area (TPSA) is 62.7 Å². The van der Waals surface area contributed by atoms with Gasteiger partial charge in [0.15, 0.2) is 5.82 Å². The molecule has 0 spiro atoms. The Bertz CT molecular complexity index is 823. The van der Waals surface area contributed by atoms with Gasteiger partial charge in [-0.25, -0.2) is 0 Å². The van der Waals surface area contributed by atoms with Crippen LogP contribution in [0.3, 0.4) is 0 Å². The molecule has 0 fully saturated rings. The summed E-state index contributed by atoms with van der Waals surface area (Å²) in [6.07, 6.45) is 1.57. The fourth-order valence-corrected chi connectivity index (χ4v) is 2.48. The van der Waals surface area contributed by atoms with Crippen LogP contribution < -0.4 is 10.6 Å². The maximum atomic E-state index is 5.97. The van der Waals surface area contributed by atoms with E-state index in [0.29, 0.717) is 16.8 Å². The van der Waals surface area contributed by atoms with Gasteiger partial charge < -0.3 is 10.6 Å². The van der Waals surface area contributed by atoms with E-state index in [-0.39, 0.29) is 0 Å². The van der Waals surface area contributed by atoms with Gasteiger partial charge in [-0.15, -0.1) is 5.10 Å². The van der Waals surface area contributed by atoms with Crippen molar-refractivity contribution in [2.24, 2.45) is 0 Å². The standard InChI is InChI=1S/C16H13BrClN5/c1-10-8-12(18)4-7-14(10)21-15-9-19-23-16(22-15)20-13-5-2-11(17)3-6-13/h2-9H,1H3,(H2,20,21,22,23). The minimum atomic E-state index is 0.420. The number of aryl methyl sites for hydroxylation is 1. The number of nitrogens with one attached hydrogen (secondary N) is 2. The van der Waals surface area contributed by atoms with Crippen LogP contribution in [-0.2, 0) is 0 Å². The summed E-state index contributed by atoms with van der Waals surface area (Å²) in [5.74, 6) is 1.02. The Morgan fingerprint density at radius 2 is 1.83 bits per heavy atom. The van der Waals surface area contributed by atoms with E-state index in [1.54, 1.807) is 6.20 Å². The molecule has 0 amide bonds. The number of anilines is 4. The van der Waals surface area contributed by atoms with Crippen molar-refractivity contribution >= 4 is 50.7 Å². The molecule has 3 aromatic rings. The van der Waals surface area contributed by atoms with Crippen molar-refractivity contribution in [3.8, 4) is 0 Å². The predicted molar refractivity (Wildman–Crippen MR) is 96.7 cm³/mol. The first-order chi connectivity index (χ1) is 11.1. The summed E-state index contributed by atoms with van der Waals surface area (Å²) >= 11 is 9.37. The molecule has 0 aliphatic carbocycles. The maximum Gasteiger partial charge on any atom is 0.249 e. The first-order valence-corrected chi connectivity index (χ1v) is 8.03. The first kappa shape index (κ1) is 15.7. The molecule has 0 aliphatic heterocycles. The van der Waals surface area contributed by atoms with Gasteiger partial charge in [-0.1, -0.05) is 27.5 Å². The fourth-order valence-electron chi connectivity index (χ4n) is 1.98. The number of benzene rings is 2. The van der Waals surface area contributed by atoms with Gasteiger partial charge in [-0.2, -0.15) is 10.1 Å². The van der Waals surface area contributed by atoms with E-state index in [4.69, 9.17) is 11.6 Å². The summed E-state index contributed by atoms with van der Waals surface area (Å²) in [6.45, 7) is 1.98. The van der Waals surface area contributed by atoms with E-state index < -0.39 is 0 Å². The molecule has 0 bridgehead atoms. The molecule has 3 rings (SSSR count). The smallest absolute Gasteiger partial charge is 0.249 e. The zero-order chi connectivity index (χ0) is 16.2. The lowest BCUT2D eigenvalue weighted by atomic mass is 10.2. The summed E-state index contributed by atoms with van der Waals surface area (Å²) in [5, 5.41) is 15.0. The van der Waals surface area contributed by atoms with Crippen LogP contribution in [0.2, 0.25) is 5.02 Å². The predicted octanol–water partition coefficient (Wildman–Crippen LogP) is 5.08. The molecule has 116 valence electrons. The number of halogens is 2. The average molecular weight is 391 g/mol. The van der Waals surface area contributed by atoms with Crippen molar-refractivity contribution in [2.75, 3.05) is 10.6 Å². The Labute approximate surface area is 147 Å². The molecule has 0 radical (unpaired) electrons. The van der Waals surface area contributed by atoms with Gasteiger partial charge in [0.1, 0.15) is 0 Å². The highest BCUT2D eigenvalue weighted by atomic mass is 79.9. The van der Waals surface area contributed by atoms with Gasteiger partial charge in [0.05, 0.1) is 6.20 Å². The molecule has 2 aromatic carbocycles. The van der Waals surface area contributed by atoms with Gasteiger partial charge in [-0.3, -0.25) is 0 Å². The SMILES string of the molecule is Cc1cc(Cl)ccc1Nc1cnnc(Nc2ccc(Br)cc2)n1. The van der Waals surface area contributed by atoms with Crippen molar-refractivity contribution in [3.63, 3.8) is 0 Å². The van der Waals surface area contributed by atoms with Crippen molar-refractivity contribution in [1.82, 2.24) is 15.2 Å². The van der Waals surface area contributed by atoms with Crippen LogP contribution in [0.4, 0.5) is 23.1 Å². The first-order valence-electron chi connectivity index (χ1n) is 6.86. The summed E-state index contributed by atoms with van der Waals surface area (Å²) < 4.78 is 1.01. The number of hydrogen-bond acceptors (Lipinski definition) is 5. The molecule has 7 heteroatoms. The second-order valence-corrected chi connectivity index (χ2v) is 6.23. The van der Waals surface area contributed by atoms with Crippen LogP contribution in [0.25, 0.3) is 0 Å². The van der Waals surface area contributed by atoms with E-state index in [1.807, 2.05) is 49.4 Å². The summed E-state index contributed by atoms with van der Waals surface area (Å²) in [6, 6.07) is 13.4. The van der Waals surface area contributed by atoms with E-state index in [0.717, 1.165) is 21.4 Å². The molecular formula is C16H13BrClN5. The number of nitrogens with zero attached hydrogens (tertiary/aromatic N) is 3. The zero-order valence-electron chi connectivity index (χ0n) is 12.2. The van der Waals surface area contributed by atoms with E-state index in [2.05, 4.69) is 41.7 Å². The second-order valence-electron chi connectivity index (χ2n) is 4.88. The van der Waals surface area contributed by atoms with Gasteiger partial charge in [0, 0.05) is 20.9 Å². The molecule has 0 aliphatic rings. The van der Waals surface area contributed by atoms with Crippen molar-refractivity contribution in [3.05, 3.63) is 63.7 Å². The lowest BCUT2D eigenvalue weighted by Gasteiger charge is -2.10. The summed E-state index contributed by atoms with van der Waals surface area (Å²) in [5.41, 5.74) is 2.83. The highest BCUT2D eigenvalue weighted by Crippen LogP contribution is 2.23. The Morgan fingerprint density at radius 3 is 2.57 bits per heavy atom. The molecule has 0 unspecified atom stereocenters. The van der Waals surface area contributed by atoms with Gasteiger partial charge in [0.25, 0.3) is 0 Å². The molecular weight excluding hydrogens is 378 g/mol. The molecule has 0 saturated carbocycles. The summed E-state index contributed by atoms with van der Waals surface area (Å²) in [4.78, 5) is 4.41. The van der Waals surface area contributed by atoms with Gasteiger partial charge >= 0.3 is 0 Å². The third-order valence-corrected chi connectivity index (χ3v) is 3.87.